The summed E-state index contributed by atoms with van der Waals surface area (Å²) >= 11 is 3.15. The molecule has 1 heterocycles. The molecule has 5 heteroatoms. The van der Waals surface area contributed by atoms with Gasteiger partial charge >= 0.3 is 0 Å². The molecule has 2 aromatic rings. The van der Waals surface area contributed by atoms with Gasteiger partial charge in [0.2, 0.25) is 0 Å². The summed E-state index contributed by atoms with van der Waals surface area (Å²) in [6, 6.07) is 8.94. The van der Waals surface area contributed by atoms with Crippen molar-refractivity contribution in [2.24, 2.45) is 0 Å². The predicted octanol–water partition coefficient (Wildman–Crippen LogP) is 3.25. The highest BCUT2D eigenvalue weighted by Gasteiger charge is 2.10. The summed E-state index contributed by atoms with van der Waals surface area (Å²) in [5.41, 5.74) is 1.56. The van der Waals surface area contributed by atoms with Crippen LogP contribution in [-0.4, -0.2) is 23.2 Å². The third-order valence-electron chi connectivity index (χ3n) is 2.72. The first-order valence-corrected chi connectivity index (χ1v) is 7.15. The van der Waals surface area contributed by atoms with Gasteiger partial charge in [0.15, 0.2) is 17.3 Å². The normalized spacial score (nSPS) is 10.1. The van der Waals surface area contributed by atoms with Gasteiger partial charge in [0.25, 0.3) is 0 Å². The van der Waals surface area contributed by atoms with Crippen LogP contribution in [0.4, 0.5) is 0 Å². The Balaban J connectivity index is 2.13. The van der Waals surface area contributed by atoms with Crippen molar-refractivity contribution in [1.29, 1.82) is 0 Å². The van der Waals surface area contributed by atoms with E-state index in [1.807, 2.05) is 12.1 Å². The quantitative estimate of drug-likeness (QED) is 0.600. The lowest BCUT2D eigenvalue weighted by molar-refractivity contribution is 0.102. The topological polar surface area (TPSA) is 48.4 Å². The van der Waals surface area contributed by atoms with Gasteiger partial charge in [0, 0.05) is 23.5 Å². The van der Waals surface area contributed by atoms with E-state index in [9.17, 15) is 4.79 Å². The number of halogens is 1. The number of ketones is 1. The zero-order valence-corrected chi connectivity index (χ0v) is 12.6. The number of methoxy groups -OCH3 is 1. The molecule has 2 rings (SSSR count). The van der Waals surface area contributed by atoms with E-state index in [1.165, 1.54) is 0 Å². The largest absolute Gasteiger partial charge is 0.493 e. The molecule has 0 saturated heterocycles. The molecule has 4 nitrogen and oxygen atoms in total. The maximum atomic E-state index is 11.6. The van der Waals surface area contributed by atoms with E-state index in [2.05, 4.69) is 20.9 Å². The lowest BCUT2D eigenvalue weighted by atomic mass is 10.1. The van der Waals surface area contributed by atoms with E-state index in [4.69, 9.17) is 9.47 Å². The minimum absolute atomic E-state index is 0.00195. The highest BCUT2D eigenvalue weighted by Crippen LogP contribution is 2.29. The number of Topliss-reactive ketones (excluding diaryl/α,β-unsaturated/α-hetero) is 1. The van der Waals surface area contributed by atoms with Crippen molar-refractivity contribution in [3.8, 4) is 11.5 Å². The van der Waals surface area contributed by atoms with Crippen molar-refractivity contribution in [2.75, 3.05) is 12.4 Å². The van der Waals surface area contributed by atoms with Crippen molar-refractivity contribution in [1.82, 2.24) is 4.98 Å². The highest BCUT2D eigenvalue weighted by atomic mass is 79.9. The van der Waals surface area contributed by atoms with E-state index in [0.29, 0.717) is 23.7 Å². The fourth-order valence-corrected chi connectivity index (χ4v) is 2.01. The van der Waals surface area contributed by atoms with Crippen LogP contribution < -0.4 is 9.47 Å². The van der Waals surface area contributed by atoms with Crippen molar-refractivity contribution < 1.29 is 14.3 Å². The van der Waals surface area contributed by atoms with Crippen LogP contribution in [-0.2, 0) is 6.61 Å². The average Bonchev–Trinajstić information content (AvgIpc) is 2.53. The second-order valence-electron chi connectivity index (χ2n) is 4.07. The molecule has 0 aliphatic carbocycles. The molecule has 1 aromatic carbocycles. The summed E-state index contributed by atoms with van der Waals surface area (Å²) in [6.07, 6.45) is 3.46. The molecular formula is C15H14BrNO3. The molecule has 0 saturated carbocycles. The van der Waals surface area contributed by atoms with E-state index in [0.717, 1.165) is 5.56 Å². The predicted molar refractivity (Wildman–Crippen MR) is 79.7 cm³/mol. The molecule has 20 heavy (non-hydrogen) atoms. The van der Waals surface area contributed by atoms with Gasteiger partial charge in [-0.3, -0.25) is 9.78 Å². The molecule has 0 radical (unpaired) electrons. The highest BCUT2D eigenvalue weighted by molar-refractivity contribution is 9.09. The van der Waals surface area contributed by atoms with Crippen LogP contribution in [0.2, 0.25) is 0 Å². The second-order valence-corrected chi connectivity index (χ2v) is 4.63. The van der Waals surface area contributed by atoms with Gasteiger partial charge in [-0.25, -0.2) is 0 Å². The second kappa shape index (κ2) is 7.05. The number of aromatic nitrogens is 1. The van der Waals surface area contributed by atoms with Gasteiger partial charge in [0.1, 0.15) is 6.61 Å². The smallest absolute Gasteiger partial charge is 0.173 e. The molecule has 1 aromatic heterocycles. The molecule has 0 aliphatic heterocycles. The summed E-state index contributed by atoms with van der Waals surface area (Å²) in [5.74, 6) is 1.14. The minimum atomic E-state index is 0.00195. The average molecular weight is 336 g/mol. The van der Waals surface area contributed by atoms with Crippen LogP contribution in [0, 0.1) is 0 Å². The summed E-state index contributed by atoms with van der Waals surface area (Å²) < 4.78 is 11.0. The van der Waals surface area contributed by atoms with E-state index < -0.39 is 0 Å². The minimum Gasteiger partial charge on any atom is -0.493 e. The first-order valence-electron chi connectivity index (χ1n) is 6.03. The fourth-order valence-electron chi connectivity index (χ4n) is 1.68. The molecule has 0 amide bonds. The zero-order chi connectivity index (χ0) is 14.4. The number of ether oxygens (including phenoxy) is 2. The van der Waals surface area contributed by atoms with Gasteiger partial charge in [-0.2, -0.15) is 0 Å². The van der Waals surface area contributed by atoms with Crippen LogP contribution in [0.25, 0.3) is 0 Å². The summed E-state index contributed by atoms with van der Waals surface area (Å²) in [7, 11) is 1.55. The molecule has 0 spiro atoms. The molecule has 0 bridgehead atoms. The molecule has 0 aliphatic rings. The molecule has 0 N–H and O–H groups in total. The third kappa shape index (κ3) is 3.57. The van der Waals surface area contributed by atoms with Gasteiger partial charge < -0.3 is 9.47 Å². The van der Waals surface area contributed by atoms with Crippen LogP contribution in [0.3, 0.4) is 0 Å². The SMILES string of the molecule is COc1cc(C(=O)CBr)ccc1OCc1cccnc1. The van der Waals surface area contributed by atoms with Crippen LogP contribution in [0.15, 0.2) is 42.7 Å². The first kappa shape index (κ1) is 14.5. The van der Waals surface area contributed by atoms with Gasteiger partial charge in [-0.05, 0) is 24.3 Å². The summed E-state index contributed by atoms with van der Waals surface area (Å²) in [6.45, 7) is 0.399. The number of hydrogen-bond donors (Lipinski definition) is 0. The van der Waals surface area contributed by atoms with Gasteiger partial charge in [-0.1, -0.05) is 22.0 Å². The first-order chi connectivity index (χ1) is 9.74. The van der Waals surface area contributed by atoms with Crippen molar-refractivity contribution in [3.63, 3.8) is 0 Å². The maximum absolute atomic E-state index is 11.6. The number of alkyl halides is 1. The maximum Gasteiger partial charge on any atom is 0.173 e. The Labute approximate surface area is 125 Å². The standard InChI is InChI=1S/C15H14BrNO3/c1-19-15-7-12(13(18)8-16)4-5-14(15)20-10-11-3-2-6-17-9-11/h2-7,9H,8,10H2,1H3. The number of benzene rings is 1. The number of rotatable bonds is 6. The summed E-state index contributed by atoms with van der Waals surface area (Å²) in [5, 5.41) is 0.284. The van der Waals surface area contributed by atoms with Gasteiger partial charge in [-0.15, -0.1) is 0 Å². The molecule has 104 valence electrons. The summed E-state index contributed by atoms with van der Waals surface area (Å²) in [4.78, 5) is 15.6. The Kier molecular flexibility index (Phi) is 5.12. The Morgan fingerprint density at radius 2 is 2.15 bits per heavy atom. The van der Waals surface area contributed by atoms with Crippen molar-refractivity contribution in [3.05, 3.63) is 53.9 Å². The number of carbonyl (C=O) groups is 1. The molecule has 0 unspecified atom stereocenters. The third-order valence-corrected chi connectivity index (χ3v) is 3.23. The van der Waals surface area contributed by atoms with Gasteiger partial charge in [0.05, 0.1) is 12.4 Å². The number of pyridine rings is 1. The monoisotopic (exact) mass is 335 g/mol. The molecular weight excluding hydrogens is 322 g/mol. The van der Waals surface area contributed by atoms with E-state index in [-0.39, 0.29) is 11.1 Å². The van der Waals surface area contributed by atoms with Crippen LogP contribution >= 0.6 is 15.9 Å². The Hall–Kier alpha value is -1.88. The lowest BCUT2D eigenvalue weighted by Gasteiger charge is -2.11. The number of nitrogens with zero attached hydrogens (tertiary/aromatic N) is 1. The van der Waals surface area contributed by atoms with E-state index >= 15 is 0 Å². The fraction of sp³-hybridized carbons (Fsp3) is 0.200. The van der Waals surface area contributed by atoms with E-state index in [1.54, 1.807) is 37.7 Å². The zero-order valence-electron chi connectivity index (χ0n) is 11.0. The van der Waals surface area contributed by atoms with Crippen molar-refractivity contribution in [2.45, 2.75) is 6.61 Å². The number of carbonyl (C=O) groups excluding carboxylic acids is 1. The molecule has 0 fully saturated rings. The Morgan fingerprint density at radius 1 is 1.30 bits per heavy atom. The number of hydrogen-bond acceptors (Lipinski definition) is 4. The lowest BCUT2D eigenvalue weighted by Crippen LogP contribution is -2.02. The van der Waals surface area contributed by atoms with Crippen LogP contribution in [0.1, 0.15) is 15.9 Å². The van der Waals surface area contributed by atoms with Crippen LogP contribution in [0.5, 0.6) is 11.5 Å². The Morgan fingerprint density at radius 3 is 2.80 bits per heavy atom. The molecule has 0 atom stereocenters. The Bertz CT molecular complexity index is 587. The van der Waals surface area contributed by atoms with Crippen molar-refractivity contribution >= 4 is 21.7 Å².